The lowest BCUT2D eigenvalue weighted by molar-refractivity contribution is 0.107. The number of hydrogen-bond donors (Lipinski definition) is 0. The Labute approximate surface area is 142 Å². The lowest BCUT2D eigenvalue weighted by Crippen LogP contribution is -2.19. The van der Waals surface area contributed by atoms with E-state index in [1.165, 1.54) is 0 Å². The molecule has 4 rings (SSSR count). The summed E-state index contributed by atoms with van der Waals surface area (Å²) in [5.41, 5.74) is 5.14. The van der Waals surface area contributed by atoms with Crippen molar-refractivity contribution in [2.45, 2.75) is 13.8 Å². The third-order valence-electron chi connectivity index (χ3n) is 4.29. The van der Waals surface area contributed by atoms with Gasteiger partial charge in [-0.3, -0.25) is 4.79 Å². The third-order valence-corrected chi connectivity index (χ3v) is 6.10. The third kappa shape index (κ3) is 2.44. The molecule has 0 saturated carbocycles. The van der Waals surface area contributed by atoms with Crippen LogP contribution in [0.4, 0.5) is 0 Å². The summed E-state index contributed by atoms with van der Waals surface area (Å²) in [5.74, 6) is 0.792. The van der Waals surface area contributed by atoms with Crippen LogP contribution in [0.5, 0.6) is 5.75 Å². The number of para-hydroxylation sites is 1. The topological polar surface area (TPSA) is 26.3 Å². The molecule has 0 radical (unpaired) electrons. The SMILES string of the molecule is Cc1ccc(C(=O)P2Oc3ccccc3-c3ccccc32)c(C)c1. The fourth-order valence-electron chi connectivity index (χ4n) is 3.11. The highest BCUT2D eigenvalue weighted by Gasteiger charge is 2.33. The summed E-state index contributed by atoms with van der Waals surface area (Å²) in [7, 11) is -1.38. The predicted octanol–water partition coefficient (Wildman–Crippen LogP) is 5.23. The summed E-state index contributed by atoms with van der Waals surface area (Å²) in [4.78, 5) is 13.2. The summed E-state index contributed by atoms with van der Waals surface area (Å²) in [5, 5.41) is 0.996. The molecule has 3 aromatic rings. The van der Waals surface area contributed by atoms with Crippen LogP contribution in [0.1, 0.15) is 21.5 Å². The Hall–Kier alpha value is -2.44. The van der Waals surface area contributed by atoms with Gasteiger partial charge in [-0.05, 0) is 31.0 Å². The molecule has 1 aliphatic rings. The molecule has 0 saturated heterocycles. The number of carbonyl (C=O) groups excluding carboxylic acids is 1. The van der Waals surface area contributed by atoms with Crippen molar-refractivity contribution in [3.63, 3.8) is 0 Å². The molecule has 0 bridgehead atoms. The summed E-state index contributed by atoms with van der Waals surface area (Å²) in [6, 6.07) is 21.9. The van der Waals surface area contributed by atoms with Gasteiger partial charge in [-0.25, -0.2) is 0 Å². The Morgan fingerprint density at radius 2 is 1.58 bits per heavy atom. The molecular weight excluding hydrogens is 315 g/mol. The Morgan fingerprint density at radius 1 is 0.875 bits per heavy atom. The van der Waals surface area contributed by atoms with Crippen LogP contribution in [0.15, 0.2) is 66.7 Å². The van der Waals surface area contributed by atoms with E-state index in [1.807, 2.05) is 74.5 Å². The van der Waals surface area contributed by atoms with Gasteiger partial charge in [-0.1, -0.05) is 66.2 Å². The van der Waals surface area contributed by atoms with Gasteiger partial charge in [0, 0.05) is 16.4 Å². The molecule has 0 aromatic heterocycles. The number of benzene rings is 3. The van der Waals surface area contributed by atoms with Gasteiger partial charge in [0.05, 0.1) is 0 Å². The van der Waals surface area contributed by atoms with E-state index in [2.05, 4.69) is 6.07 Å². The highest BCUT2D eigenvalue weighted by molar-refractivity contribution is 7.78. The van der Waals surface area contributed by atoms with Gasteiger partial charge in [0.1, 0.15) is 5.75 Å². The van der Waals surface area contributed by atoms with Crippen molar-refractivity contribution >= 4 is 19.0 Å². The van der Waals surface area contributed by atoms with Crippen molar-refractivity contribution in [3.8, 4) is 16.9 Å². The summed E-state index contributed by atoms with van der Waals surface area (Å²) < 4.78 is 6.18. The zero-order valence-corrected chi connectivity index (χ0v) is 14.5. The summed E-state index contributed by atoms with van der Waals surface area (Å²) >= 11 is 0. The van der Waals surface area contributed by atoms with E-state index in [4.69, 9.17) is 4.52 Å². The molecule has 118 valence electrons. The second-order valence-electron chi connectivity index (χ2n) is 6.02. The maximum atomic E-state index is 13.2. The zero-order valence-electron chi connectivity index (χ0n) is 13.6. The van der Waals surface area contributed by atoms with Crippen LogP contribution >= 0.6 is 8.15 Å². The first kappa shape index (κ1) is 15.1. The molecule has 1 unspecified atom stereocenters. The molecule has 0 aliphatic carbocycles. The van der Waals surface area contributed by atoms with Crippen LogP contribution in [-0.4, -0.2) is 5.52 Å². The minimum absolute atomic E-state index is 0.0736. The minimum Gasteiger partial charge on any atom is -0.460 e. The quantitative estimate of drug-likeness (QED) is 0.601. The zero-order chi connectivity index (χ0) is 16.7. The van der Waals surface area contributed by atoms with Gasteiger partial charge in [0.25, 0.3) is 0 Å². The maximum absolute atomic E-state index is 13.2. The van der Waals surface area contributed by atoms with Crippen LogP contribution in [0.2, 0.25) is 0 Å². The molecule has 0 fully saturated rings. The van der Waals surface area contributed by atoms with E-state index in [0.717, 1.165) is 38.9 Å². The molecule has 1 aliphatic heterocycles. The van der Waals surface area contributed by atoms with E-state index in [9.17, 15) is 4.79 Å². The summed E-state index contributed by atoms with van der Waals surface area (Å²) in [6.45, 7) is 4.02. The monoisotopic (exact) mass is 332 g/mol. The van der Waals surface area contributed by atoms with Crippen LogP contribution in [0.25, 0.3) is 11.1 Å². The Morgan fingerprint density at radius 3 is 2.38 bits per heavy atom. The van der Waals surface area contributed by atoms with Crippen LogP contribution < -0.4 is 9.83 Å². The average molecular weight is 332 g/mol. The predicted molar refractivity (Wildman–Crippen MR) is 99.3 cm³/mol. The van der Waals surface area contributed by atoms with Crippen LogP contribution in [0, 0.1) is 13.8 Å². The molecule has 24 heavy (non-hydrogen) atoms. The Bertz CT molecular complexity index is 946. The number of fused-ring (bicyclic) bond motifs is 3. The fraction of sp³-hybridized carbons (Fsp3) is 0.0952. The maximum Gasteiger partial charge on any atom is 0.229 e. The van der Waals surface area contributed by atoms with Crippen molar-refractivity contribution in [1.29, 1.82) is 0 Å². The highest BCUT2D eigenvalue weighted by Crippen LogP contribution is 2.50. The second-order valence-corrected chi connectivity index (χ2v) is 7.68. The Balaban J connectivity index is 1.84. The van der Waals surface area contributed by atoms with E-state index < -0.39 is 8.15 Å². The minimum atomic E-state index is -1.38. The molecule has 1 atom stereocenters. The lowest BCUT2D eigenvalue weighted by Gasteiger charge is -2.27. The first-order valence-electron chi connectivity index (χ1n) is 7.93. The number of rotatable bonds is 2. The van der Waals surface area contributed by atoms with Gasteiger partial charge in [0.15, 0.2) is 8.15 Å². The lowest BCUT2D eigenvalue weighted by atomic mass is 10.0. The van der Waals surface area contributed by atoms with Gasteiger partial charge in [0.2, 0.25) is 5.52 Å². The second kappa shape index (κ2) is 5.89. The number of aryl methyl sites for hydroxylation is 2. The first-order chi connectivity index (χ1) is 11.6. The summed E-state index contributed by atoms with van der Waals surface area (Å²) in [6.07, 6.45) is 0. The van der Waals surface area contributed by atoms with Crippen LogP contribution in [-0.2, 0) is 0 Å². The molecule has 2 nitrogen and oxygen atoms in total. The van der Waals surface area contributed by atoms with Crippen molar-refractivity contribution in [2.75, 3.05) is 0 Å². The van der Waals surface area contributed by atoms with Crippen molar-refractivity contribution in [3.05, 3.63) is 83.4 Å². The normalized spacial score (nSPS) is 15.2. The van der Waals surface area contributed by atoms with Gasteiger partial charge < -0.3 is 4.52 Å². The smallest absolute Gasteiger partial charge is 0.229 e. The van der Waals surface area contributed by atoms with Crippen molar-refractivity contribution in [1.82, 2.24) is 0 Å². The molecule has 3 heteroatoms. The van der Waals surface area contributed by atoms with Gasteiger partial charge in [-0.15, -0.1) is 0 Å². The molecule has 0 amide bonds. The van der Waals surface area contributed by atoms with Crippen molar-refractivity contribution < 1.29 is 9.32 Å². The standard InChI is InChI=1S/C21H17O2P/c1-14-11-12-16(15(2)13-14)21(22)24-20-10-6-4-8-18(20)17-7-3-5-9-19(17)23-24/h3-13H,1-2H3. The Kier molecular flexibility index (Phi) is 3.70. The largest absolute Gasteiger partial charge is 0.460 e. The highest BCUT2D eigenvalue weighted by atomic mass is 31.1. The first-order valence-corrected chi connectivity index (χ1v) is 9.19. The number of carbonyl (C=O) groups is 1. The molecule has 0 N–H and O–H groups in total. The van der Waals surface area contributed by atoms with Crippen molar-refractivity contribution in [2.24, 2.45) is 0 Å². The fourth-order valence-corrected chi connectivity index (χ4v) is 4.97. The average Bonchev–Trinajstić information content (AvgIpc) is 2.60. The van der Waals surface area contributed by atoms with Gasteiger partial charge >= 0.3 is 0 Å². The number of hydrogen-bond acceptors (Lipinski definition) is 2. The van der Waals surface area contributed by atoms with E-state index in [1.54, 1.807) is 0 Å². The van der Waals surface area contributed by atoms with E-state index in [-0.39, 0.29) is 5.52 Å². The molecule has 1 heterocycles. The molecule has 3 aromatic carbocycles. The van der Waals surface area contributed by atoms with Crippen LogP contribution in [0.3, 0.4) is 0 Å². The molecular formula is C21H17O2P. The molecule has 0 spiro atoms. The van der Waals surface area contributed by atoms with E-state index in [0.29, 0.717) is 0 Å². The van der Waals surface area contributed by atoms with Gasteiger partial charge in [-0.2, -0.15) is 0 Å². The van der Waals surface area contributed by atoms with E-state index >= 15 is 0 Å².